The van der Waals surface area contributed by atoms with Gasteiger partial charge in [0.25, 0.3) is 0 Å². The molecule has 0 aromatic carbocycles. The summed E-state index contributed by atoms with van der Waals surface area (Å²) in [5.41, 5.74) is -0.851. The molecule has 6 heteroatoms. The molecule has 1 aliphatic rings. The summed E-state index contributed by atoms with van der Waals surface area (Å²) in [7, 11) is 1.32. The summed E-state index contributed by atoms with van der Waals surface area (Å²) in [6, 6.07) is -0.368. The van der Waals surface area contributed by atoms with Gasteiger partial charge < -0.3 is 10.1 Å². The van der Waals surface area contributed by atoms with Crippen molar-refractivity contribution >= 4 is 12.0 Å². The van der Waals surface area contributed by atoms with E-state index in [9.17, 15) is 9.59 Å². The van der Waals surface area contributed by atoms with Crippen LogP contribution in [0.5, 0.6) is 0 Å². The smallest absolute Gasteiger partial charge is 0.331 e. The molecule has 0 spiro atoms. The Morgan fingerprint density at radius 3 is 2.75 bits per heavy atom. The first-order valence-corrected chi connectivity index (χ1v) is 4.99. The molecule has 1 aromatic rings. The predicted octanol–water partition coefficient (Wildman–Crippen LogP) is 0.392. The molecular weight excluding hydrogens is 210 g/mol. The number of nitrogens with zero attached hydrogens (tertiary/aromatic N) is 2. The number of carbonyl (C=O) groups is 2. The van der Waals surface area contributed by atoms with Crippen molar-refractivity contribution in [2.24, 2.45) is 5.92 Å². The Hall–Kier alpha value is -1.85. The van der Waals surface area contributed by atoms with Gasteiger partial charge in [0.2, 0.25) is 0 Å². The molecule has 1 amide bonds. The zero-order chi connectivity index (χ0) is 11.8. The number of hydrogen-bond donors (Lipinski definition) is 1. The Morgan fingerprint density at radius 2 is 2.31 bits per heavy atom. The van der Waals surface area contributed by atoms with Gasteiger partial charge in [-0.25, -0.2) is 14.6 Å². The Labute approximate surface area is 92.6 Å². The maximum Gasteiger partial charge on any atom is 0.331 e. The minimum atomic E-state index is -0.851. The van der Waals surface area contributed by atoms with Gasteiger partial charge in [0, 0.05) is 12.4 Å². The Kier molecular flexibility index (Phi) is 2.41. The number of nitrogens with one attached hydrogen (secondary N) is 1. The molecule has 1 heterocycles. The van der Waals surface area contributed by atoms with Crippen molar-refractivity contribution in [3.63, 3.8) is 0 Å². The SMILES string of the molecule is COC(=O)[C@@]1(NC(=O)n2ccnc2)C[C@H]1C. The summed E-state index contributed by atoms with van der Waals surface area (Å²) < 4.78 is 5.98. The van der Waals surface area contributed by atoms with Gasteiger partial charge in [0.05, 0.1) is 7.11 Å². The van der Waals surface area contributed by atoms with Crippen LogP contribution >= 0.6 is 0 Å². The largest absolute Gasteiger partial charge is 0.467 e. The fourth-order valence-corrected chi connectivity index (χ4v) is 1.75. The quantitative estimate of drug-likeness (QED) is 0.736. The molecule has 2 atom stereocenters. The van der Waals surface area contributed by atoms with Crippen LogP contribution in [0.2, 0.25) is 0 Å². The minimum absolute atomic E-state index is 0.104. The fraction of sp³-hybridized carbons (Fsp3) is 0.500. The number of ether oxygens (including phenoxy) is 1. The van der Waals surface area contributed by atoms with Crippen LogP contribution in [0.1, 0.15) is 13.3 Å². The highest BCUT2D eigenvalue weighted by Gasteiger charge is 2.59. The number of rotatable bonds is 2. The highest BCUT2D eigenvalue weighted by atomic mass is 16.5. The summed E-state index contributed by atoms with van der Waals surface area (Å²) in [5, 5.41) is 2.68. The van der Waals surface area contributed by atoms with E-state index in [1.165, 1.54) is 30.4 Å². The number of amides is 1. The molecule has 16 heavy (non-hydrogen) atoms. The molecule has 1 N–H and O–H groups in total. The monoisotopic (exact) mass is 223 g/mol. The molecule has 2 rings (SSSR count). The van der Waals surface area contributed by atoms with Crippen molar-refractivity contribution in [1.29, 1.82) is 0 Å². The third-order valence-corrected chi connectivity index (χ3v) is 2.93. The highest BCUT2D eigenvalue weighted by molar-refractivity contribution is 5.91. The van der Waals surface area contributed by atoms with Crippen molar-refractivity contribution in [3.8, 4) is 0 Å². The second-order valence-corrected chi connectivity index (χ2v) is 3.97. The lowest BCUT2D eigenvalue weighted by molar-refractivity contribution is -0.144. The van der Waals surface area contributed by atoms with E-state index in [-0.39, 0.29) is 11.9 Å². The molecule has 1 aromatic heterocycles. The molecule has 0 radical (unpaired) electrons. The van der Waals surface area contributed by atoms with Crippen LogP contribution in [-0.4, -0.2) is 34.2 Å². The van der Waals surface area contributed by atoms with Gasteiger partial charge in [-0.1, -0.05) is 6.92 Å². The average molecular weight is 223 g/mol. The van der Waals surface area contributed by atoms with Crippen LogP contribution < -0.4 is 5.32 Å². The van der Waals surface area contributed by atoms with Gasteiger partial charge >= 0.3 is 12.0 Å². The van der Waals surface area contributed by atoms with Crippen LogP contribution in [0.25, 0.3) is 0 Å². The van der Waals surface area contributed by atoms with E-state index in [1.54, 1.807) is 0 Å². The van der Waals surface area contributed by atoms with Crippen molar-refractivity contribution in [2.45, 2.75) is 18.9 Å². The van der Waals surface area contributed by atoms with E-state index in [4.69, 9.17) is 0 Å². The molecule has 0 saturated heterocycles. The molecule has 6 nitrogen and oxygen atoms in total. The van der Waals surface area contributed by atoms with Gasteiger partial charge in [0.15, 0.2) is 0 Å². The van der Waals surface area contributed by atoms with Gasteiger partial charge in [-0.15, -0.1) is 0 Å². The summed E-state index contributed by atoms with van der Waals surface area (Å²) in [6.45, 7) is 1.89. The molecule has 1 saturated carbocycles. The zero-order valence-corrected chi connectivity index (χ0v) is 9.14. The molecule has 0 aliphatic heterocycles. The predicted molar refractivity (Wildman–Crippen MR) is 54.7 cm³/mol. The summed E-state index contributed by atoms with van der Waals surface area (Å²) in [5.74, 6) is -0.291. The van der Waals surface area contributed by atoms with Crippen LogP contribution in [0.15, 0.2) is 18.7 Å². The first-order chi connectivity index (χ1) is 7.60. The number of hydrogen-bond acceptors (Lipinski definition) is 4. The van der Waals surface area contributed by atoms with E-state index < -0.39 is 11.5 Å². The van der Waals surface area contributed by atoms with Gasteiger partial charge in [-0.3, -0.25) is 4.57 Å². The lowest BCUT2D eigenvalue weighted by Crippen LogP contribution is -2.46. The number of esters is 1. The first kappa shape index (κ1) is 10.7. The number of imidazole rings is 1. The van der Waals surface area contributed by atoms with E-state index in [0.29, 0.717) is 6.42 Å². The number of methoxy groups -OCH3 is 1. The third-order valence-electron chi connectivity index (χ3n) is 2.93. The van der Waals surface area contributed by atoms with E-state index in [1.807, 2.05) is 6.92 Å². The van der Waals surface area contributed by atoms with E-state index >= 15 is 0 Å². The molecular formula is C10H13N3O3. The summed E-state index contributed by atoms with van der Waals surface area (Å²) in [4.78, 5) is 27.0. The fourth-order valence-electron chi connectivity index (χ4n) is 1.75. The van der Waals surface area contributed by atoms with Crippen molar-refractivity contribution in [1.82, 2.24) is 14.9 Å². The Balaban J connectivity index is 2.09. The van der Waals surface area contributed by atoms with Gasteiger partial charge in [-0.2, -0.15) is 0 Å². The average Bonchev–Trinajstić information content (AvgIpc) is 2.74. The van der Waals surface area contributed by atoms with Crippen molar-refractivity contribution < 1.29 is 14.3 Å². The lowest BCUT2D eigenvalue weighted by atomic mass is 10.2. The Bertz CT molecular complexity index is 415. The Morgan fingerprint density at radius 1 is 1.62 bits per heavy atom. The van der Waals surface area contributed by atoms with Gasteiger partial charge in [-0.05, 0) is 12.3 Å². The normalized spacial score (nSPS) is 27.2. The van der Waals surface area contributed by atoms with Crippen molar-refractivity contribution in [3.05, 3.63) is 18.7 Å². The second-order valence-electron chi connectivity index (χ2n) is 3.97. The van der Waals surface area contributed by atoms with Crippen molar-refractivity contribution in [2.75, 3.05) is 7.11 Å². The molecule has 0 bridgehead atoms. The van der Waals surface area contributed by atoms with Crippen LogP contribution in [0.4, 0.5) is 4.79 Å². The van der Waals surface area contributed by atoms with E-state index in [0.717, 1.165) is 0 Å². The summed E-state index contributed by atoms with van der Waals surface area (Å²) >= 11 is 0. The maximum atomic E-state index is 11.7. The number of carbonyl (C=O) groups excluding carboxylic acids is 2. The molecule has 1 aliphatic carbocycles. The van der Waals surface area contributed by atoms with Gasteiger partial charge in [0.1, 0.15) is 11.9 Å². The lowest BCUT2D eigenvalue weighted by Gasteiger charge is -2.15. The molecule has 86 valence electrons. The first-order valence-electron chi connectivity index (χ1n) is 4.99. The standard InChI is InChI=1S/C10H13N3O3/c1-7-5-10(7,8(14)16-2)12-9(15)13-4-3-11-6-13/h3-4,6-7H,5H2,1-2H3,(H,12,15)/t7-,10-/m1/s1. The zero-order valence-electron chi connectivity index (χ0n) is 9.14. The number of aromatic nitrogens is 2. The minimum Gasteiger partial charge on any atom is -0.467 e. The second kappa shape index (κ2) is 3.62. The highest BCUT2D eigenvalue weighted by Crippen LogP contribution is 2.43. The van der Waals surface area contributed by atoms with E-state index in [2.05, 4.69) is 15.0 Å². The summed E-state index contributed by atoms with van der Waals surface area (Å²) in [6.07, 6.45) is 5.02. The van der Waals surface area contributed by atoms with Crippen LogP contribution in [0, 0.1) is 5.92 Å². The molecule has 1 fully saturated rings. The topological polar surface area (TPSA) is 73.2 Å². The van der Waals surface area contributed by atoms with Crippen LogP contribution in [0.3, 0.4) is 0 Å². The molecule has 0 unspecified atom stereocenters. The van der Waals surface area contributed by atoms with Crippen LogP contribution in [-0.2, 0) is 9.53 Å². The third kappa shape index (κ3) is 1.56. The maximum absolute atomic E-state index is 11.7.